The first kappa shape index (κ1) is 23.4. The fourth-order valence-corrected chi connectivity index (χ4v) is 5.84. The van der Waals surface area contributed by atoms with Crippen LogP contribution in [0.1, 0.15) is 24.8 Å². The lowest BCUT2D eigenvalue weighted by Crippen LogP contribution is -2.46. The van der Waals surface area contributed by atoms with E-state index in [4.69, 9.17) is 0 Å². The fourth-order valence-electron chi connectivity index (χ4n) is 5.84. The highest BCUT2D eigenvalue weighted by Gasteiger charge is 2.86. The number of benzene rings is 1. The Hall–Kier alpha value is -3.39. The Morgan fingerprint density at radius 3 is 2.69 bits per heavy atom. The first-order valence-electron chi connectivity index (χ1n) is 11.5. The van der Waals surface area contributed by atoms with Crippen LogP contribution in [0.15, 0.2) is 35.6 Å². The summed E-state index contributed by atoms with van der Waals surface area (Å²) in [4.78, 5) is 21.3. The Labute approximate surface area is 200 Å². The highest BCUT2D eigenvalue weighted by Crippen LogP contribution is 2.75. The number of amidine groups is 1. The summed E-state index contributed by atoms with van der Waals surface area (Å²) in [5, 5.41) is 25.3. The third-order valence-corrected chi connectivity index (χ3v) is 7.96. The molecule has 1 amide bonds. The maximum Gasteiger partial charge on any atom is 0.397 e. The Balaban J connectivity index is 1.46. The van der Waals surface area contributed by atoms with E-state index in [1.54, 1.807) is 23.1 Å². The van der Waals surface area contributed by atoms with Crippen LogP contribution in [0.5, 0.6) is 0 Å². The van der Waals surface area contributed by atoms with Crippen molar-refractivity contribution < 1.29 is 23.2 Å². The van der Waals surface area contributed by atoms with E-state index >= 15 is 0 Å². The number of likely N-dealkylation sites (tertiary alicyclic amines) is 1. The number of rotatable bonds is 3. The van der Waals surface area contributed by atoms with Gasteiger partial charge in [0, 0.05) is 36.3 Å². The van der Waals surface area contributed by atoms with Gasteiger partial charge in [-0.3, -0.25) is 9.78 Å². The molecule has 3 heterocycles. The standard InChI is InChI=1S/C24H25F3N6O2/c1-32-9-6-15(7-10-32)20(31-35)30-21(34)22-12-23(22,24(25,26)27)14-33(13-22)18-5-4-16(11-28)19-17(18)3-2-8-29-19/h2-5,8,15,35H,6-7,9-10,12-14H2,1H3,(H,30,31,34)/t22-,23-/m0/s1. The Kier molecular flexibility index (Phi) is 5.40. The molecule has 1 saturated carbocycles. The normalized spacial score (nSPS) is 27.5. The number of carbonyl (C=O) groups is 1. The van der Waals surface area contributed by atoms with E-state index in [9.17, 15) is 28.4 Å². The zero-order valence-corrected chi connectivity index (χ0v) is 19.1. The molecule has 1 aromatic heterocycles. The quantitative estimate of drug-likeness (QED) is 0.299. The van der Waals surface area contributed by atoms with Crippen molar-refractivity contribution in [2.75, 3.05) is 38.1 Å². The van der Waals surface area contributed by atoms with Crippen molar-refractivity contribution in [1.29, 1.82) is 5.26 Å². The minimum absolute atomic E-state index is 0.0342. The Morgan fingerprint density at radius 1 is 1.29 bits per heavy atom. The molecule has 35 heavy (non-hydrogen) atoms. The summed E-state index contributed by atoms with van der Waals surface area (Å²) in [5.41, 5.74) is -2.64. The van der Waals surface area contributed by atoms with Gasteiger partial charge in [-0.05, 0) is 63.7 Å². The third-order valence-electron chi connectivity index (χ3n) is 7.96. The van der Waals surface area contributed by atoms with Gasteiger partial charge in [-0.2, -0.15) is 18.4 Å². The van der Waals surface area contributed by atoms with Crippen LogP contribution in [0.25, 0.3) is 10.9 Å². The van der Waals surface area contributed by atoms with Gasteiger partial charge in [-0.1, -0.05) is 5.16 Å². The van der Waals surface area contributed by atoms with E-state index in [0.717, 1.165) is 13.1 Å². The second kappa shape index (κ2) is 8.09. The number of nitriles is 1. The van der Waals surface area contributed by atoms with E-state index in [2.05, 4.69) is 26.4 Å². The summed E-state index contributed by atoms with van der Waals surface area (Å²) in [6, 6.07) is 8.59. The zero-order chi connectivity index (χ0) is 25.0. The summed E-state index contributed by atoms with van der Waals surface area (Å²) in [5.74, 6) is -0.950. The number of hydrogen-bond acceptors (Lipinski definition) is 7. The van der Waals surface area contributed by atoms with Crippen molar-refractivity contribution in [3.63, 3.8) is 0 Å². The van der Waals surface area contributed by atoms with E-state index < -0.39 is 22.9 Å². The summed E-state index contributed by atoms with van der Waals surface area (Å²) in [6.07, 6.45) is -2.10. The minimum atomic E-state index is -4.59. The van der Waals surface area contributed by atoms with E-state index in [1.165, 1.54) is 12.3 Å². The number of anilines is 1. The van der Waals surface area contributed by atoms with Crippen LogP contribution < -0.4 is 10.2 Å². The number of nitrogens with zero attached hydrogens (tertiary/aromatic N) is 5. The van der Waals surface area contributed by atoms with Gasteiger partial charge in [0.15, 0.2) is 5.84 Å². The number of oxime groups is 1. The minimum Gasteiger partial charge on any atom is -0.409 e. The molecule has 5 rings (SSSR count). The van der Waals surface area contributed by atoms with Gasteiger partial charge in [-0.25, -0.2) is 0 Å². The summed E-state index contributed by atoms with van der Waals surface area (Å²) in [7, 11) is 1.96. The SMILES string of the molecule is CN1CCC(/C(=N/O)NC(=O)[C@]23CN(c4ccc(C#N)c5ncccc45)C[C@@]2(C(F)(F)F)C3)CC1. The van der Waals surface area contributed by atoms with E-state index in [-0.39, 0.29) is 31.3 Å². The van der Waals surface area contributed by atoms with Gasteiger partial charge in [0.1, 0.15) is 11.5 Å². The van der Waals surface area contributed by atoms with Crippen LogP contribution in [0, 0.1) is 28.1 Å². The molecule has 2 N–H and O–H groups in total. The highest BCUT2D eigenvalue weighted by atomic mass is 19.4. The number of alkyl halides is 3. The molecule has 2 aromatic rings. The smallest absolute Gasteiger partial charge is 0.397 e. The molecule has 1 aromatic carbocycles. The first-order chi connectivity index (χ1) is 16.7. The second-order valence-corrected chi connectivity index (χ2v) is 9.86. The number of hydrogen-bond donors (Lipinski definition) is 2. The molecule has 0 unspecified atom stereocenters. The van der Waals surface area contributed by atoms with Crippen LogP contribution >= 0.6 is 0 Å². The predicted molar refractivity (Wildman–Crippen MR) is 122 cm³/mol. The molecule has 0 spiro atoms. The fraction of sp³-hybridized carbons (Fsp3) is 0.500. The number of amides is 1. The zero-order valence-electron chi connectivity index (χ0n) is 19.1. The lowest BCUT2D eigenvalue weighted by molar-refractivity contribution is -0.191. The molecule has 0 bridgehead atoms. The number of piperidine rings is 2. The van der Waals surface area contributed by atoms with Gasteiger partial charge >= 0.3 is 6.18 Å². The first-order valence-corrected chi connectivity index (χ1v) is 11.5. The number of aromatic nitrogens is 1. The Morgan fingerprint density at radius 2 is 2.03 bits per heavy atom. The van der Waals surface area contributed by atoms with Gasteiger partial charge in [-0.15, -0.1) is 0 Å². The van der Waals surface area contributed by atoms with Crippen LogP contribution in [-0.4, -0.2) is 66.2 Å². The highest BCUT2D eigenvalue weighted by molar-refractivity contribution is 6.04. The number of fused-ring (bicyclic) bond motifs is 2. The van der Waals surface area contributed by atoms with Crippen molar-refractivity contribution >= 4 is 28.3 Å². The van der Waals surface area contributed by atoms with Crippen molar-refractivity contribution in [3.05, 3.63) is 36.0 Å². The van der Waals surface area contributed by atoms with Crippen molar-refractivity contribution in [2.45, 2.75) is 25.4 Å². The molecule has 2 aliphatic heterocycles. The van der Waals surface area contributed by atoms with Crippen LogP contribution in [0.2, 0.25) is 0 Å². The molecular weight excluding hydrogens is 461 g/mol. The Bertz CT molecular complexity index is 1250. The van der Waals surface area contributed by atoms with E-state index in [1.807, 2.05) is 7.05 Å². The molecule has 184 valence electrons. The monoisotopic (exact) mass is 486 g/mol. The van der Waals surface area contributed by atoms with Crippen molar-refractivity contribution in [2.24, 2.45) is 21.9 Å². The maximum absolute atomic E-state index is 14.4. The molecule has 0 radical (unpaired) electrons. The van der Waals surface area contributed by atoms with Gasteiger partial charge in [0.2, 0.25) is 5.91 Å². The van der Waals surface area contributed by atoms with Crippen LogP contribution in [0.3, 0.4) is 0 Å². The summed E-state index contributed by atoms with van der Waals surface area (Å²) in [6.45, 7) is 0.968. The second-order valence-electron chi connectivity index (χ2n) is 9.86. The lowest BCUT2D eigenvalue weighted by Gasteiger charge is -2.30. The number of carbonyl (C=O) groups excluding carboxylic acids is 1. The molecule has 3 aliphatic rings. The lowest BCUT2D eigenvalue weighted by atomic mass is 9.92. The molecule has 8 nitrogen and oxygen atoms in total. The van der Waals surface area contributed by atoms with Crippen LogP contribution in [-0.2, 0) is 4.79 Å². The number of pyridine rings is 1. The molecular formula is C24H25F3N6O2. The molecule has 2 atom stereocenters. The van der Waals surface area contributed by atoms with Gasteiger partial charge in [0.25, 0.3) is 0 Å². The molecule has 11 heteroatoms. The summed E-state index contributed by atoms with van der Waals surface area (Å²) < 4.78 is 43.2. The van der Waals surface area contributed by atoms with Crippen molar-refractivity contribution in [3.8, 4) is 6.07 Å². The molecule has 1 aliphatic carbocycles. The maximum atomic E-state index is 14.4. The third kappa shape index (κ3) is 3.50. The molecule has 3 fully saturated rings. The molecule has 2 saturated heterocycles. The predicted octanol–water partition coefficient (Wildman–Crippen LogP) is 3.11. The van der Waals surface area contributed by atoms with E-state index in [0.29, 0.717) is 35.0 Å². The summed E-state index contributed by atoms with van der Waals surface area (Å²) >= 11 is 0. The van der Waals surface area contributed by atoms with Crippen LogP contribution in [0.4, 0.5) is 18.9 Å². The van der Waals surface area contributed by atoms with Gasteiger partial charge in [0.05, 0.1) is 16.5 Å². The average molecular weight is 486 g/mol. The average Bonchev–Trinajstić information content (AvgIpc) is 3.39. The van der Waals surface area contributed by atoms with Gasteiger partial charge < -0.3 is 20.3 Å². The van der Waals surface area contributed by atoms with Crippen molar-refractivity contribution in [1.82, 2.24) is 15.2 Å². The number of halogens is 3. The number of nitrogens with one attached hydrogen (secondary N) is 1. The largest absolute Gasteiger partial charge is 0.409 e. The topological polar surface area (TPSA) is 105 Å².